The summed E-state index contributed by atoms with van der Waals surface area (Å²) in [6, 6.07) is 12.0. The van der Waals surface area contributed by atoms with Crippen molar-refractivity contribution < 1.29 is 18.0 Å². The van der Waals surface area contributed by atoms with Crippen molar-refractivity contribution in [3.8, 4) is 11.3 Å². The van der Waals surface area contributed by atoms with Gasteiger partial charge in [-0.05, 0) is 41.8 Å². The van der Waals surface area contributed by atoms with E-state index in [0.29, 0.717) is 45.1 Å². The van der Waals surface area contributed by atoms with Crippen LogP contribution in [0.2, 0.25) is 0 Å². The van der Waals surface area contributed by atoms with Crippen LogP contribution in [0.5, 0.6) is 0 Å². The smallest absolute Gasteiger partial charge is 0.342 e. The number of halogens is 3. The number of hydrogen-bond acceptors (Lipinski definition) is 6. The Balaban J connectivity index is 1.22. The summed E-state index contributed by atoms with van der Waals surface area (Å²) in [5.41, 5.74) is 6.55. The maximum Gasteiger partial charge on any atom is 0.397 e. The molecule has 0 radical (unpaired) electrons. The number of alkyl halides is 3. The van der Waals surface area contributed by atoms with E-state index in [1.54, 1.807) is 12.5 Å². The summed E-state index contributed by atoms with van der Waals surface area (Å²) in [5, 5.41) is 0. The molecule has 0 bridgehead atoms. The fourth-order valence-corrected chi connectivity index (χ4v) is 4.74. The van der Waals surface area contributed by atoms with Gasteiger partial charge in [-0.1, -0.05) is 19.9 Å². The summed E-state index contributed by atoms with van der Waals surface area (Å²) in [6.45, 7) is 6.48. The summed E-state index contributed by atoms with van der Waals surface area (Å²) in [4.78, 5) is 36.7. The highest BCUT2D eigenvalue weighted by molar-refractivity contribution is 5.81. The Bertz CT molecular complexity index is 1460. The summed E-state index contributed by atoms with van der Waals surface area (Å²) >= 11 is 0. The molecule has 204 valence electrons. The molecule has 0 unspecified atom stereocenters. The molecule has 5 rings (SSSR count). The zero-order chi connectivity index (χ0) is 27.6. The van der Waals surface area contributed by atoms with E-state index in [2.05, 4.69) is 38.7 Å². The van der Waals surface area contributed by atoms with Crippen LogP contribution in [-0.2, 0) is 17.8 Å². The van der Waals surface area contributed by atoms with Crippen LogP contribution in [-0.4, -0.2) is 73.0 Å². The summed E-state index contributed by atoms with van der Waals surface area (Å²) in [6.07, 6.45) is -1.99. The van der Waals surface area contributed by atoms with Gasteiger partial charge in [0.25, 0.3) is 0 Å². The molecular weight excluding hydrogens is 507 g/mol. The van der Waals surface area contributed by atoms with Gasteiger partial charge >= 0.3 is 6.18 Å². The fraction of sp³-hybridized carbons (Fsp3) is 0.393. The molecule has 1 aromatic carbocycles. The monoisotopic (exact) mass is 537 g/mol. The summed E-state index contributed by atoms with van der Waals surface area (Å²) in [7, 11) is 0. The molecule has 1 saturated heterocycles. The normalized spacial score (nSPS) is 14.9. The number of carbonyl (C=O) groups excluding carboxylic acids is 1. The number of pyridine rings is 1. The van der Waals surface area contributed by atoms with Gasteiger partial charge < -0.3 is 9.88 Å². The molecule has 1 fully saturated rings. The molecule has 0 atom stereocenters. The number of nitrogens with one attached hydrogen (secondary N) is 1. The van der Waals surface area contributed by atoms with Crippen LogP contribution < -0.4 is 0 Å². The molecule has 39 heavy (non-hydrogen) atoms. The third kappa shape index (κ3) is 6.78. The van der Waals surface area contributed by atoms with Crippen molar-refractivity contribution >= 4 is 16.9 Å². The highest BCUT2D eigenvalue weighted by atomic mass is 19.4. The third-order valence-corrected chi connectivity index (χ3v) is 6.82. The number of rotatable bonds is 7. The number of H-pyrrole nitrogens is 1. The number of fused-ring (bicyclic) bond motifs is 1. The van der Waals surface area contributed by atoms with Crippen LogP contribution in [0.4, 0.5) is 13.2 Å². The molecule has 8 nitrogen and oxygen atoms in total. The second-order valence-corrected chi connectivity index (χ2v) is 10.2. The molecule has 0 spiro atoms. The average molecular weight is 538 g/mol. The Morgan fingerprint density at radius 1 is 1.03 bits per heavy atom. The standard InChI is InChI=1S/C28H30F3N7O/c1-18(2)23-14-24(34-17-33-23)20-3-4-22-25(12-20)36-26(35-22)13-21-11-19(5-6-32-21)16-37-7-9-38(10-8-37)27(39)15-28(29,30)31/h3-6,11-12,14,17-18H,7-10,13,15-16H2,1-2H3,(H,35,36). The Labute approximate surface area is 224 Å². The molecule has 3 aromatic heterocycles. The Morgan fingerprint density at radius 2 is 1.82 bits per heavy atom. The van der Waals surface area contributed by atoms with Crippen LogP contribution >= 0.6 is 0 Å². The molecule has 4 aromatic rings. The number of carbonyl (C=O) groups is 1. The van der Waals surface area contributed by atoms with Gasteiger partial charge in [0.1, 0.15) is 18.6 Å². The van der Waals surface area contributed by atoms with Crippen molar-refractivity contribution in [2.45, 2.75) is 45.3 Å². The van der Waals surface area contributed by atoms with Gasteiger partial charge in [-0.25, -0.2) is 15.0 Å². The van der Waals surface area contributed by atoms with E-state index in [1.807, 2.05) is 36.4 Å². The minimum atomic E-state index is -4.47. The first-order chi connectivity index (χ1) is 18.6. The lowest BCUT2D eigenvalue weighted by atomic mass is 10.1. The van der Waals surface area contributed by atoms with E-state index in [0.717, 1.165) is 45.1 Å². The van der Waals surface area contributed by atoms with E-state index >= 15 is 0 Å². The van der Waals surface area contributed by atoms with Crippen molar-refractivity contribution in [1.82, 2.24) is 34.7 Å². The first-order valence-corrected chi connectivity index (χ1v) is 12.9. The lowest BCUT2D eigenvalue weighted by molar-refractivity contribution is -0.162. The number of aromatic nitrogens is 5. The van der Waals surface area contributed by atoms with Gasteiger partial charge in [0, 0.05) is 62.3 Å². The van der Waals surface area contributed by atoms with Gasteiger partial charge in [0.05, 0.1) is 16.7 Å². The third-order valence-electron chi connectivity index (χ3n) is 6.82. The van der Waals surface area contributed by atoms with Crippen LogP contribution in [0.25, 0.3) is 22.3 Å². The van der Waals surface area contributed by atoms with E-state index in [9.17, 15) is 18.0 Å². The van der Waals surface area contributed by atoms with E-state index in [-0.39, 0.29) is 0 Å². The van der Waals surface area contributed by atoms with Crippen LogP contribution in [0.3, 0.4) is 0 Å². The molecule has 4 heterocycles. The second-order valence-electron chi connectivity index (χ2n) is 10.2. The number of hydrogen-bond donors (Lipinski definition) is 1. The largest absolute Gasteiger partial charge is 0.397 e. The average Bonchev–Trinajstić information content (AvgIpc) is 3.30. The SMILES string of the molecule is CC(C)c1cc(-c2ccc3nc(Cc4cc(CN5CCN(C(=O)CC(F)(F)F)CC5)ccn4)[nH]c3c2)ncn1. The number of imidazole rings is 1. The number of nitrogens with zero attached hydrogens (tertiary/aromatic N) is 6. The van der Waals surface area contributed by atoms with Crippen molar-refractivity contribution in [3.63, 3.8) is 0 Å². The van der Waals surface area contributed by atoms with Crippen molar-refractivity contribution in [2.24, 2.45) is 0 Å². The van der Waals surface area contributed by atoms with E-state index in [1.165, 1.54) is 4.90 Å². The van der Waals surface area contributed by atoms with Crippen molar-refractivity contribution in [2.75, 3.05) is 26.2 Å². The lowest BCUT2D eigenvalue weighted by Crippen LogP contribution is -2.49. The number of aromatic amines is 1. The van der Waals surface area contributed by atoms with Crippen LogP contribution in [0.1, 0.15) is 49.0 Å². The van der Waals surface area contributed by atoms with Gasteiger partial charge in [-0.15, -0.1) is 0 Å². The fourth-order valence-electron chi connectivity index (χ4n) is 4.74. The lowest BCUT2D eigenvalue weighted by Gasteiger charge is -2.35. The first kappa shape index (κ1) is 26.7. The molecule has 1 aliphatic heterocycles. The van der Waals surface area contributed by atoms with Crippen LogP contribution in [0.15, 0.2) is 48.9 Å². The first-order valence-electron chi connectivity index (χ1n) is 12.9. The zero-order valence-corrected chi connectivity index (χ0v) is 21.9. The van der Waals surface area contributed by atoms with E-state index in [4.69, 9.17) is 4.98 Å². The van der Waals surface area contributed by atoms with Crippen molar-refractivity contribution in [3.05, 3.63) is 71.7 Å². The molecular formula is C28H30F3N7O. The predicted octanol–water partition coefficient (Wildman–Crippen LogP) is 4.73. The zero-order valence-electron chi connectivity index (χ0n) is 21.9. The molecule has 1 aliphatic rings. The maximum absolute atomic E-state index is 12.5. The Kier molecular flexibility index (Phi) is 7.60. The van der Waals surface area contributed by atoms with Gasteiger partial charge in [0.15, 0.2) is 0 Å². The summed E-state index contributed by atoms with van der Waals surface area (Å²) in [5.74, 6) is 0.257. The van der Waals surface area contributed by atoms with Crippen LogP contribution in [0, 0.1) is 0 Å². The number of piperazine rings is 1. The molecule has 1 N–H and O–H groups in total. The van der Waals surface area contributed by atoms with Crippen molar-refractivity contribution in [1.29, 1.82) is 0 Å². The molecule has 1 amide bonds. The predicted molar refractivity (Wildman–Crippen MR) is 141 cm³/mol. The minimum Gasteiger partial charge on any atom is -0.342 e. The number of amides is 1. The quantitative estimate of drug-likeness (QED) is 0.367. The molecule has 0 saturated carbocycles. The maximum atomic E-state index is 12.5. The highest BCUT2D eigenvalue weighted by Gasteiger charge is 2.34. The molecule has 0 aliphatic carbocycles. The highest BCUT2D eigenvalue weighted by Crippen LogP contribution is 2.25. The summed E-state index contributed by atoms with van der Waals surface area (Å²) < 4.78 is 37.6. The Morgan fingerprint density at radius 3 is 2.56 bits per heavy atom. The van der Waals surface area contributed by atoms with Gasteiger partial charge in [0.2, 0.25) is 5.91 Å². The second kappa shape index (κ2) is 11.1. The Hall–Kier alpha value is -3.86. The van der Waals surface area contributed by atoms with Gasteiger partial charge in [-0.2, -0.15) is 13.2 Å². The minimum absolute atomic E-state index is 0.293. The number of benzene rings is 1. The van der Waals surface area contributed by atoms with Gasteiger partial charge in [-0.3, -0.25) is 14.7 Å². The van der Waals surface area contributed by atoms with E-state index < -0.39 is 18.5 Å². The molecule has 11 heteroatoms. The topological polar surface area (TPSA) is 90.9 Å².